The van der Waals surface area contributed by atoms with Crippen molar-refractivity contribution in [2.45, 2.75) is 30.3 Å². The van der Waals surface area contributed by atoms with Crippen LogP contribution in [0.1, 0.15) is 19.8 Å². The largest absolute Gasteiger partial charge is 0.377 e. The van der Waals surface area contributed by atoms with Gasteiger partial charge in [-0.3, -0.25) is 10.1 Å². The highest BCUT2D eigenvalue weighted by Crippen LogP contribution is 2.30. The van der Waals surface area contributed by atoms with Crippen molar-refractivity contribution in [3.8, 4) is 0 Å². The Kier molecular flexibility index (Phi) is 4.20. The molecule has 1 aromatic carbocycles. The number of nitro benzene ring substituents is 1. The van der Waals surface area contributed by atoms with Gasteiger partial charge in [0, 0.05) is 25.5 Å². The van der Waals surface area contributed by atoms with E-state index in [0.29, 0.717) is 18.8 Å². The Balaban J connectivity index is 2.25. The lowest BCUT2D eigenvalue weighted by Gasteiger charge is -2.24. The zero-order valence-electron chi connectivity index (χ0n) is 12.0. The number of benzene rings is 1. The molecule has 1 N–H and O–H groups in total. The smallest absolute Gasteiger partial charge is 0.293 e. The summed E-state index contributed by atoms with van der Waals surface area (Å²) in [4.78, 5) is 10.5. The summed E-state index contributed by atoms with van der Waals surface area (Å²) in [6.45, 7) is 3.07. The van der Waals surface area contributed by atoms with Crippen LogP contribution in [0, 0.1) is 10.1 Å². The molecule has 1 aromatic rings. The van der Waals surface area contributed by atoms with Gasteiger partial charge in [0.1, 0.15) is 5.69 Å². The first kappa shape index (κ1) is 15.7. The third-order valence-corrected chi connectivity index (χ3v) is 4.66. The maximum absolute atomic E-state index is 11.5. The van der Waals surface area contributed by atoms with E-state index in [1.165, 1.54) is 12.1 Å². The summed E-state index contributed by atoms with van der Waals surface area (Å²) in [7, 11) is -3.48. The van der Waals surface area contributed by atoms with E-state index in [9.17, 15) is 18.5 Å². The molecule has 21 heavy (non-hydrogen) atoms. The zero-order valence-corrected chi connectivity index (χ0v) is 12.8. The highest BCUT2D eigenvalue weighted by molar-refractivity contribution is 7.90. The van der Waals surface area contributed by atoms with Crippen LogP contribution in [0.2, 0.25) is 0 Å². The maximum Gasteiger partial charge on any atom is 0.293 e. The normalized spacial score (nSPS) is 22.2. The Hall–Kier alpha value is -1.67. The fraction of sp³-hybridized carbons (Fsp3) is 0.538. The van der Waals surface area contributed by atoms with Crippen LogP contribution < -0.4 is 5.32 Å². The van der Waals surface area contributed by atoms with Gasteiger partial charge < -0.3 is 10.1 Å². The highest BCUT2D eigenvalue weighted by atomic mass is 32.2. The second-order valence-corrected chi connectivity index (χ2v) is 7.48. The van der Waals surface area contributed by atoms with Crippen LogP contribution >= 0.6 is 0 Å². The van der Waals surface area contributed by atoms with Crippen molar-refractivity contribution in [3.63, 3.8) is 0 Å². The molecule has 0 spiro atoms. The predicted molar refractivity (Wildman–Crippen MR) is 78.3 cm³/mol. The number of nitrogens with zero attached hydrogens (tertiary/aromatic N) is 1. The molecular formula is C13H18N2O5S. The molecule has 1 aliphatic heterocycles. The molecule has 1 atom stereocenters. The molecule has 116 valence electrons. The molecule has 0 radical (unpaired) electrons. The van der Waals surface area contributed by atoms with Gasteiger partial charge in [0.15, 0.2) is 9.84 Å². The van der Waals surface area contributed by atoms with Gasteiger partial charge in [0.2, 0.25) is 0 Å². The van der Waals surface area contributed by atoms with Gasteiger partial charge in [0.25, 0.3) is 5.69 Å². The van der Waals surface area contributed by atoms with Gasteiger partial charge in [-0.2, -0.15) is 0 Å². The summed E-state index contributed by atoms with van der Waals surface area (Å²) >= 11 is 0. The van der Waals surface area contributed by atoms with Crippen LogP contribution in [0.15, 0.2) is 23.1 Å². The molecule has 0 bridgehead atoms. The van der Waals surface area contributed by atoms with Gasteiger partial charge >= 0.3 is 0 Å². The monoisotopic (exact) mass is 314 g/mol. The Morgan fingerprint density at radius 2 is 2.19 bits per heavy atom. The van der Waals surface area contributed by atoms with Crippen LogP contribution in [0.5, 0.6) is 0 Å². The van der Waals surface area contributed by atoms with Crippen molar-refractivity contribution < 1.29 is 18.1 Å². The molecule has 0 saturated carbocycles. The third-order valence-electron chi connectivity index (χ3n) is 3.55. The molecule has 0 aromatic heterocycles. The lowest BCUT2D eigenvalue weighted by atomic mass is 10.0. The van der Waals surface area contributed by atoms with Gasteiger partial charge in [-0.1, -0.05) is 0 Å². The van der Waals surface area contributed by atoms with E-state index in [1.54, 1.807) is 0 Å². The summed E-state index contributed by atoms with van der Waals surface area (Å²) in [5.41, 5.74) is -0.299. The second kappa shape index (κ2) is 5.61. The molecule has 1 unspecified atom stereocenters. The van der Waals surface area contributed by atoms with E-state index < -0.39 is 14.8 Å². The number of rotatable bonds is 5. The fourth-order valence-electron chi connectivity index (χ4n) is 2.30. The summed E-state index contributed by atoms with van der Waals surface area (Å²) in [6.07, 6.45) is 2.87. The van der Waals surface area contributed by atoms with Crippen molar-refractivity contribution in [1.29, 1.82) is 0 Å². The summed E-state index contributed by atoms with van der Waals surface area (Å²) in [5, 5.41) is 14.1. The number of hydrogen-bond acceptors (Lipinski definition) is 6. The number of anilines is 1. The highest BCUT2D eigenvalue weighted by Gasteiger charge is 2.30. The first-order valence-corrected chi connectivity index (χ1v) is 8.47. The molecule has 1 aliphatic rings. The molecule has 7 nitrogen and oxygen atoms in total. The van der Waals surface area contributed by atoms with Gasteiger partial charge in [-0.25, -0.2) is 8.42 Å². The van der Waals surface area contributed by atoms with Crippen LogP contribution in [0.3, 0.4) is 0 Å². The third kappa shape index (κ3) is 3.70. The minimum Gasteiger partial charge on any atom is -0.377 e. The van der Waals surface area contributed by atoms with E-state index in [2.05, 4.69) is 5.32 Å². The first-order valence-electron chi connectivity index (χ1n) is 6.58. The fourth-order valence-corrected chi connectivity index (χ4v) is 2.94. The Labute approximate surface area is 123 Å². The van der Waals surface area contributed by atoms with Crippen molar-refractivity contribution in [3.05, 3.63) is 28.3 Å². The SMILES string of the molecule is CC1(CNc2ccc(S(C)(=O)=O)cc2[N+](=O)[O-])CCCO1. The van der Waals surface area contributed by atoms with Crippen molar-refractivity contribution in [2.75, 3.05) is 24.7 Å². The standard InChI is InChI=1S/C13H18N2O5S/c1-13(6-3-7-20-13)9-14-11-5-4-10(21(2,18)19)8-12(11)15(16)17/h4-5,8,14H,3,6-7,9H2,1-2H3. The number of nitrogens with one attached hydrogen (secondary N) is 1. The first-order chi connectivity index (χ1) is 9.71. The average molecular weight is 314 g/mol. The summed E-state index contributed by atoms with van der Waals surface area (Å²) in [5.74, 6) is 0. The minimum atomic E-state index is -3.48. The Bertz CT molecular complexity index is 651. The molecule has 2 rings (SSSR count). The number of hydrogen-bond donors (Lipinski definition) is 1. The zero-order chi connectivity index (χ0) is 15.7. The van der Waals surface area contributed by atoms with Crippen LogP contribution in [-0.4, -0.2) is 38.3 Å². The van der Waals surface area contributed by atoms with Crippen molar-refractivity contribution in [2.24, 2.45) is 0 Å². The minimum absolute atomic E-state index is 0.0666. The van der Waals surface area contributed by atoms with E-state index in [4.69, 9.17) is 4.74 Å². The Morgan fingerprint density at radius 3 is 2.71 bits per heavy atom. The molecule has 0 aliphatic carbocycles. The molecular weight excluding hydrogens is 296 g/mol. The lowest BCUT2D eigenvalue weighted by molar-refractivity contribution is -0.384. The summed E-state index contributed by atoms with van der Waals surface area (Å²) in [6, 6.07) is 3.87. The van der Waals surface area contributed by atoms with Gasteiger partial charge in [0.05, 0.1) is 15.4 Å². The number of ether oxygens (including phenoxy) is 1. The molecule has 8 heteroatoms. The van der Waals surface area contributed by atoms with E-state index >= 15 is 0 Å². The quantitative estimate of drug-likeness (QED) is 0.659. The predicted octanol–water partition coefficient (Wildman–Crippen LogP) is 1.98. The maximum atomic E-state index is 11.5. The number of sulfone groups is 1. The molecule has 1 fully saturated rings. The van der Waals surface area contributed by atoms with Crippen molar-refractivity contribution in [1.82, 2.24) is 0 Å². The average Bonchev–Trinajstić information content (AvgIpc) is 2.82. The second-order valence-electron chi connectivity index (χ2n) is 5.46. The van der Waals surface area contributed by atoms with Crippen LogP contribution in [-0.2, 0) is 14.6 Å². The molecule has 0 amide bonds. The van der Waals surface area contributed by atoms with Gasteiger partial charge in [-0.05, 0) is 31.9 Å². The molecule has 1 heterocycles. The van der Waals surface area contributed by atoms with Crippen molar-refractivity contribution >= 4 is 21.2 Å². The van der Waals surface area contributed by atoms with Crippen LogP contribution in [0.4, 0.5) is 11.4 Å². The van der Waals surface area contributed by atoms with E-state index in [1.807, 2.05) is 6.92 Å². The van der Waals surface area contributed by atoms with Gasteiger partial charge in [-0.15, -0.1) is 0 Å². The molecule has 1 saturated heterocycles. The van der Waals surface area contributed by atoms with E-state index in [0.717, 1.165) is 25.2 Å². The lowest BCUT2D eigenvalue weighted by Crippen LogP contribution is -2.32. The summed E-state index contributed by atoms with van der Waals surface area (Å²) < 4.78 is 28.6. The van der Waals surface area contributed by atoms with Crippen LogP contribution in [0.25, 0.3) is 0 Å². The topological polar surface area (TPSA) is 98.5 Å². The Morgan fingerprint density at radius 1 is 1.48 bits per heavy atom. The van der Waals surface area contributed by atoms with E-state index in [-0.39, 0.29) is 16.2 Å². The number of nitro groups is 1.